The number of primary amides is 1. The number of thiophene rings is 1. The Morgan fingerprint density at radius 1 is 1.40 bits per heavy atom. The van der Waals surface area contributed by atoms with E-state index in [9.17, 15) is 14.4 Å². The van der Waals surface area contributed by atoms with Gasteiger partial charge in [-0.15, -0.1) is 11.3 Å². The third-order valence-electron chi connectivity index (χ3n) is 2.30. The summed E-state index contributed by atoms with van der Waals surface area (Å²) in [4.78, 5) is 35.7. The molecule has 0 spiro atoms. The van der Waals surface area contributed by atoms with Gasteiger partial charge >= 0.3 is 5.97 Å². The first-order valence-corrected chi connectivity index (χ1v) is 6.83. The van der Waals surface area contributed by atoms with E-state index >= 15 is 0 Å². The second kappa shape index (κ2) is 7.61. The van der Waals surface area contributed by atoms with Crippen molar-refractivity contribution in [1.82, 2.24) is 4.90 Å². The monoisotopic (exact) mass is 299 g/mol. The number of ether oxygens (including phenoxy) is 1. The molecule has 0 saturated carbocycles. The van der Waals surface area contributed by atoms with E-state index in [0.29, 0.717) is 11.6 Å². The molecule has 0 radical (unpaired) electrons. The van der Waals surface area contributed by atoms with Crippen LogP contribution < -0.4 is 11.1 Å². The quantitative estimate of drug-likeness (QED) is 0.704. The normalized spacial score (nSPS) is 10.3. The highest BCUT2D eigenvalue weighted by molar-refractivity contribution is 7.14. The number of nitrogens with one attached hydrogen (secondary N) is 1. The maximum atomic E-state index is 11.8. The van der Waals surface area contributed by atoms with Crippen molar-refractivity contribution in [3.05, 3.63) is 17.0 Å². The van der Waals surface area contributed by atoms with Gasteiger partial charge in [-0.2, -0.15) is 0 Å². The van der Waals surface area contributed by atoms with Crippen LogP contribution in [0.2, 0.25) is 0 Å². The second-order valence-corrected chi connectivity index (χ2v) is 4.97. The van der Waals surface area contributed by atoms with Gasteiger partial charge in [0.15, 0.2) is 0 Å². The molecule has 1 rings (SSSR count). The van der Waals surface area contributed by atoms with Crippen LogP contribution in [0.1, 0.15) is 17.3 Å². The van der Waals surface area contributed by atoms with Crippen molar-refractivity contribution in [2.75, 3.05) is 32.1 Å². The number of rotatable bonds is 7. The highest BCUT2D eigenvalue weighted by Crippen LogP contribution is 2.22. The topological polar surface area (TPSA) is 102 Å². The van der Waals surface area contributed by atoms with Gasteiger partial charge in [0.2, 0.25) is 5.91 Å². The number of carbonyl (C=O) groups excluding carboxylic acids is 3. The van der Waals surface area contributed by atoms with E-state index < -0.39 is 11.9 Å². The van der Waals surface area contributed by atoms with Crippen molar-refractivity contribution in [3.63, 3.8) is 0 Å². The van der Waals surface area contributed by atoms with Crippen molar-refractivity contribution in [1.29, 1.82) is 0 Å². The maximum absolute atomic E-state index is 11.8. The molecule has 7 nitrogen and oxygen atoms in total. The first kappa shape index (κ1) is 16.1. The molecular weight excluding hydrogens is 282 g/mol. The van der Waals surface area contributed by atoms with E-state index in [1.54, 1.807) is 25.4 Å². The summed E-state index contributed by atoms with van der Waals surface area (Å²) in [5.74, 6) is -1.32. The molecule has 8 heteroatoms. The summed E-state index contributed by atoms with van der Waals surface area (Å²) in [7, 11) is 1.62. The van der Waals surface area contributed by atoms with E-state index in [0.717, 1.165) is 0 Å². The Balaban J connectivity index is 2.49. The number of esters is 1. The maximum Gasteiger partial charge on any atom is 0.320 e. The van der Waals surface area contributed by atoms with Crippen molar-refractivity contribution in [2.24, 2.45) is 5.73 Å². The number of anilines is 1. The van der Waals surface area contributed by atoms with E-state index in [2.05, 4.69) is 5.32 Å². The number of likely N-dealkylation sites (N-methyl/N-ethyl adjacent to an activating group) is 1. The van der Waals surface area contributed by atoms with E-state index in [1.165, 1.54) is 16.2 Å². The lowest BCUT2D eigenvalue weighted by Gasteiger charge is -2.14. The minimum atomic E-state index is -0.596. The Bertz CT molecular complexity index is 501. The fourth-order valence-electron chi connectivity index (χ4n) is 1.49. The largest absolute Gasteiger partial charge is 0.465 e. The average Bonchev–Trinajstić information content (AvgIpc) is 2.76. The molecule has 1 aromatic rings. The summed E-state index contributed by atoms with van der Waals surface area (Å²) in [6.45, 7) is 2.05. The molecule has 0 saturated heterocycles. The van der Waals surface area contributed by atoms with Gasteiger partial charge in [0.05, 0.1) is 25.3 Å². The van der Waals surface area contributed by atoms with Crippen LogP contribution in [-0.4, -0.2) is 49.4 Å². The zero-order chi connectivity index (χ0) is 15.1. The predicted molar refractivity (Wildman–Crippen MR) is 75.6 cm³/mol. The third-order valence-corrected chi connectivity index (χ3v) is 3.13. The molecule has 1 heterocycles. The molecule has 3 N–H and O–H groups in total. The van der Waals surface area contributed by atoms with Gasteiger partial charge < -0.3 is 15.8 Å². The number of carbonyl (C=O) groups is 3. The Morgan fingerprint density at radius 3 is 2.70 bits per heavy atom. The molecule has 2 amide bonds. The minimum Gasteiger partial charge on any atom is -0.465 e. The van der Waals surface area contributed by atoms with E-state index in [-0.39, 0.29) is 24.6 Å². The van der Waals surface area contributed by atoms with Crippen LogP contribution >= 0.6 is 11.3 Å². The molecule has 0 aliphatic carbocycles. The van der Waals surface area contributed by atoms with E-state index in [1.807, 2.05) is 0 Å². The smallest absolute Gasteiger partial charge is 0.320 e. The average molecular weight is 299 g/mol. The summed E-state index contributed by atoms with van der Waals surface area (Å²) < 4.78 is 4.78. The lowest BCUT2D eigenvalue weighted by Crippen LogP contribution is -2.34. The molecule has 0 aromatic carbocycles. The standard InChI is InChI=1S/C12H17N3O4S/c1-3-19-10(17)7-15(2)6-9(16)14-12-8(11(13)18)4-5-20-12/h4-5H,3,6-7H2,1-2H3,(H2,13,18)(H,14,16). The van der Waals surface area contributed by atoms with E-state index in [4.69, 9.17) is 10.5 Å². The van der Waals surface area contributed by atoms with Crippen molar-refractivity contribution < 1.29 is 19.1 Å². The molecule has 0 unspecified atom stereocenters. The number of hydrogen-bond acceptors (Lipinski definition) is 6. The van der Waals surface area contributed by atoms with Crippen LogP contribution in [0.15, 0.2) is 11.4 Å². The molecule has 0 aliphatic heterocycles. The van der Waals surface area contributed by atoms with Crippen LogP contribution in [0.3, 0.4) is 0 Å². The predicted octanol–water partition coefficient (Wildman–Crippen LogP) is 0.280. The van der Waals surface area contributed by atoms with Crippen LogP contribution in [0.5, 0.6) is 0 Å². The van der Waals surface area contributed by atoms with Crippen LogP contribution in [-0.2, 0) is 14.3 Å². The molecular formula is C12H17N3O4S. The number of hydrogen-bond donors (Lipinski definition) is 2. The van der Waals surface area contributed by atoms with Crippen molar-refractivity contribution >= 4 is 34.1 Å². The summed E-state index contributed by atoms with van der Waals surface area (Å²) in [6.07, 6.45) is 0. The van der Waals surface area contributed by atoms with Gasteiger partial charge in [0.1, 0.15) is 5.00 Å². The SMILES string of the molecule is CCOC(=O)CN(C)CC(=O)Nc1sccc1C(N)=O. The second-order valence-electron chi connectivity index (χ2n) is 4.05. The Labute approximate surface area is 120 Å². The van der Waals surface area contributed by atoms with Crippen molar-refractivity contribution in [3.8, 4) is 0 Å². The Kier molecular flexibility index (Phi) is 6.13. The van der Waals surface area contributed by atoms with Gasteiger partial charge in [0.25, 0.3) is 5.91 Å². The first-order chi connectivity index (χ1) is 9.43. The molecule has 0 bridgehead atoms. The van der Waals surface area contributed by atoms with Gasteiger partial charge in [-0.05, 0) is 25.4 Å². The molecule has 0 aliphatic rings. The lowest BCUT2D eigenvalue weighted by molar-refractivity contribution is -0.144. The highest BCUT2D eigenvalue weighted by Gasteiger charge is 2.15. The first-order valence-electron chi connectivity index (χ1n) is 5.95. The molecule has 1 aromatic heterocycles. The zero-order valence-corrected chi connectivity index (χ0v) is 12.2. The fraction of sp³-hybridized carbons (Fsp3) is 0.417. The molecule has 0 fully saturated rings. The number of amides is 2. The summed E-state index contributed by atoms with van der Waals surface area (Å²) in [5, 5.41) is 4.67. The Morgan fingerprint density at radius 2 is 2.10 bits per heavy atom. The summed E-state index contributed by atoms with van der Waals surface area (Å²) in [6, 6.07) is 1.55. The van der Waals surface area contributed by atoms with Gasteiger partial charge in [0, 0.05) is 0 Å². The molecule has 20 heavy (non-hydrogen) atoms. The lowest BCUT2D eigenvalue weighted by atomic mass is 10.3. The van der Waals surface area contributed by atoms with Gasteiger partial charge in [-0.3, -0.25) is 19.3 Å². The van der Waals surface area contributed by atoms with Gasteiger partial charge in [-0.25, -0.2) is 0 Å². The van der Waals surface area contributed by atoms with Crippen LogP contribution in [0, 0.1) is 0 Å². The minimum absolute atomic E-state index is 0.00885. The third kappa shape index (κ3) is 4.98. The van der Waals surface area contributed by atoms with Crippen LogP contribution in [0.4, 0.5) is 5.00 Å². The highest BCUT2D eigenvalue weighted by atomic mass is 32.1. The summed E-state index contributed by atoms with van der Waals surface area (Å²) in [5.41, 5.74) is 5.45. The molecule has 0 atom stereocenters. The van der Waals surface area contributed by atoms with Gasteiger partial charge in [-0.1, -0.05) is 0 Å². The fourth-order valence-corrected chi connectivity index (χ4v) is 2.30. The number of nitrogens with two attached hydrogens (primary N) is 1. The van der Waals surface area contributed by atoms with Crippen molar-refractivity contribution in [2.45, 2.75) is 6.92 Å². The van der Waals surface area contributed by atoms with Crippen LogP contribution in [0.25, 0.3) is 0 Å². The zero-order valence-electron chi connectivity index (χ0n) is 11.3. The summed E-state index contributed by atoms with van der Waals surface area (Å²) >= 11 is 1.21. The number of nitrogens with zero attached hydrogens (tertiary/aromatic N) is 1. The Hall–Kier alpha value is -1.93. The molecule has 110 valence electrons.